The van der Waals surface area contributed by atoms with Gasteiger partial charge in [0.1, 0.15) is 0 Å². The van der Waals surface area contributed by atoms with Crippen molar-refractivity contribution >= 4 is 10.9 Å². The van der Waals surface area contributed by atoms with Gasteiger partial charge in [0.15, 0.2) is 0 Å². The molecule has 1 N–H and O–H groups in total. The van der Waals surface area contributed by atoms with Crippen LogP contribution in [-0.4, -0.2) is 18.2 Å². The second-order valence-electron chi connectivity index (χ2n) is 4.16. The third-order valence-electron chi connectivity index (χ3n) is 3.09. The fraction of sp³-hybridized carbons (Fsp3) is 0.429. The van der Waals surface area contributed by atoms with Crippen molar-refractivity contribution in [2.45, 2.75) is 26.3 Å². The molecule has 2 nitrogen and oxygen atoms in total. The summed E-state index contributed by atoms with van der Waals surface area (Å²) < 4.78 is 2.34. The first kappa shape index (κ1) is 11.2. The van der Waals surface area contributed by atoms with Crippen LogP contribution in [0, 0.1) is 0 Å². The van der Waals surface area contributed by atoms with E-state index in [1.807, 2.05) is 7.05 Å². The third kappa shape index (κ3) is 2.12. The van der Waals surface area contributed by atoms with Gasteiger partial charge < -0.3 is 9.88 Å². The Balaban J connectivity index is 2.31. The standard InChI is InChI=1S/C14H20N2/c1-3-16-11-9-13-7-4-6-12(14(13)16)8-5-10-15-2/h4,6-7,9,11,15H,3,5,8,10H2,1-2H3. The van der Waals surface area contributed by atoms with Crippen molar-refractivity contribution in [3.63, 3.8) is 0 Å². The highest BCUT2D eigenvalue weighted by atomic mass is 14.9. The second kappa shape index (κ2) is 5.17. The molecule has 0 aliphatic heterocycles. The Morgan fingerprint density at radius 3 is 2.88 bits per heavy atom. The summed E-state index contributed by atoms with van der Waals surface area (Å²) in [5, 5.41) is 4.57. The summed E-state index contributed by atoms with van der Waals surface area (Å²) in [6, 6.07) is 8.82. The maximum absolute atomic E-state index is 3.20. The quantitative estimate of drug-likeness (QED) is 0.760. The number of benzene rings is 1. The van der Waals surface area contributed by atoms with Crippen molar-refractivity contribution in [2.75, 3.05) is 13.6 Å². The van der Waals surface area contributed by atoms with E-state index in [2.05, 4.69) is 47.3 Å². The van der Waals surface area contributed by atoms with Crippen LogP contribution in [0.15, 0.2) is 30.5 Å². The van der Waals surface area contributed by atoms with Crippen molar-refractivity contribution in [1.29, 1.82) is 0 Å². The number of aromatic nitrogens is 1. The molecule has 0 saturated carbocycles. The molecule has 0 fully saturated rings. The van der Waals surface area contributed by atoms with Gasteiger partial charge in [-0.2, -0.15) is 0 Å². The number of rotatable bonds is 5. The van der Waals surface area contributed by atoms with Crippen LogP contribution in [-0.2, 0) is 13.0 Å². The molecule has 86 valence electrons. The predicted octanol–water partition coefficient (Wildman–Crippen LogP) is 2.81. The lowest BCUT2D eigenvalue weighted by atomic mass is 10.1. The number of aryl methyl sites for hydroxylation is 2. The molecule has 0 radical (unpaired) electrons. The van der Waals surface area contributed by atoms with Crippen molar-refractivity contribution < 1.29 is 0 Å². The Kier molecular flexibility index (Phi) is 3.62. The highest BCUT2D eigenvalue weighted by Gasteiger charge is 2.04. The van der Waals surface area contributed by atoms with E-state index in [1.165, 1.54) is 22.9 Å². The number of hydrogen-bond donors (Lipinski definition) is 1. The van der Waals surface area contributed by atoms with Crippen LogP contribution in [0.1, 0.15) is 18.9 Å². The molecule has 0 bridgehead atoms. The van der Waals surface area contributed by atoms with Gasteiger partial charge in [-0.1, -0.05) is 18.2 Å². The van der Waals surface area contributed by atoms with Crippen LogP contribution in [0.2, 0.25) is 0 Å². The molecular weight excluding hydrogens is 196 g/mol. The van der Waals surface area contributed by atoms with Gasteiger partial charge in [0, 0.05) is 12.7 Å². The van der Waals surface area contributed by atoms with Crippen molar-refractivity contribution in [1.82, 2.24) is 9.88 Å². The highest BCUT2D eigenvalue weighted by Crippen LogP contribution is 2.21. The van der Waals surface area contributed by atoms with Gasteiger partial charge in [0.05, 0.1) is 5.52 Å². The maximum Gasteiger partial charge on any atom is 0.0512 e. The molecule has 0 aliphatic carbocycles. The van der Waals surface area contributed by atoms with Gasteiger partial charge in [0.2, 0.25) is 0 Å². The van der Waals surface area contributed by atoms with E-state index >= 15 is 0 Å². The van der Waals surface area contributed by atoms with Crippen LogP contribution in [0.25, 0.3) is 10.9 Å². The molecule has 2 heteroatoms. The molecule has 0 saturated heterocycles. The minimum atomic E-state index is 1.05. The topological polar surface area (TPSA) is 17.0 Å². The summed E-state index contributed by atoms with van der Waals surface area (Å²) in [4.78, 5) is 0. The largest absolute Gasteiger partial charge is 0.348 e. The molecule has 2 rings (SSSR count). The first-order valence-corrected chi connectivity index (χ1v) is 6.08. The molecular formula is C14H20N2. The second-order valence-corrected chi connectivity index (χ2v) is 4.16. The smallest absolute Gasteiger partial charge is 0.0512 e. The number of nitrogens with zero attached hydrogens (tertiary/aromatic N) is 1. The van der Waals surface area contributed by atoms with Crippen molar-refractivity contribution in [3.8, 4) is 0 Å². The van der Waals surface area contributed by atoms with E-state index < -0.39 is 0 Å². The Labute approximate surface area is 97.3 Å². The van der Waals surface area contributed by atoms with Crippen LogP contribution in [0.4, 0.5) is 0 Å². The molecule has 0 atom stereocenters. The van der Waals surface area contributed by atoms with E-state index in [4.69, 9.17) is 0 Å². The van der Waals surface area contributed by atoms with Gasteiger partial charge in [0.25, 0.3) is 0 Å². The van der Waals surface area contributed by atoms with Crippen molar-refractivity contribution in [2.24, 2.45) is 0 Å². The molecule has 16 heavy (non-hydrogen) atoms. The van der Waals surface area contributed by atoms with E-state index in [-0.39, 0.29) is 0 Å². The third-order valence-corrected chi connectivity index (χ3v) is 3.09. The van der Waals surface area contributed by atoms with Crippen LogP contribution in [0.5, 0.6) is 0 Å². The van der Waals surface area contributed by atoms with Gasteiger partial charge in [-0.05, 0) is 50.4 Å². The number of fused-ring (bicyclic) bond motifs is 1. The zero-order chi connectivity index (χ0) is 11.4. The molecule has 0 spiro atoms. The maximum atomic E-state index is 3.20. The van der Waals surface area contributed by atoms with Crippen LogP contribution < -0.4 is 5.32 Å². The Morgan fingerprint density at radius 1 is 1.25 bits per heavy atom. The highest BCUT2D eigenvalue weighted by molar-refractivity contribution is 5.83. The summed E-state index contributed by atoms with van der Waals surface area (Å²) >= 11 is 0. The Hall–Kier alpha value is -1.28. The Morgan fingerprint density at radius 2 is 2.12 bits per heavy atom. The van der Waals surface area contributed by atoms with E-state index in [1.54, 1.807) is 0 Å². The molecule has 0 unspecified atom stereocenters. The average molecular weight is 216 g/mol. The minimum Gasteiger partial charge on any atom is -0.348 e. The zero-order valence-electron chi connectivity index (χ0n) is 10.2. The fourth-order valence-corrected chi connectivity index (χ4v) is 2.26. The minimum absolute atomic E-state index is 1.05. The molecule has 2 aromatic rings. The summed E-state index contributed by atoms with van der Waals surface area (Å²) in [6.45, 7) is 4.33. The molecule has 0 aliphatic rings. The van der Waals surface area contributed by atoms with Gasteiger partial charge >= 0.3 is 0 Å². The van der Waals surface area contributed by atoms with E-state index in [9.17, 15) is 0 Å². The Bertz CT molecular complexity index is 457. The predicted molar refractivity (Wildman–Crippen MR) is 69.9 cm³/mol. The van der Waals surface area contributed by atoms with E-state index in [0.29, 0.717) is 0 Å². The monoisotopic (exact) mass is 216 g/mol. The van der Waals surface area contributed by atoms with E-state index in [0.717, 1.165) is 19.5 Å². The first-order valence-electron chi connectivity index (χ1n) is 6.08. The van der Waals surface area contributed by atoms with Gasteiger partial charge in [-0.3, -0.25) is 0 Å². The lowest BCUT2D eigenvalue weighted by Crippen LogP contribution is -2.08. The van der Waals surface area contributed by atoms with Gasteiger partial charge in [-0.25, -0.2) is 0 Å². The average Bonchev–Trinajstić information content (AvgIpc) is 2.73. The summed E-state index contributed by atoms with van der Waals surface area (Å²) in [5.74, 6) is 0. The summed E-state index contributed by atoms with van der Waals surface area (Å²) in [6.07, 6.45) is 4.54. The molecule has 1 aromatic carbocycles. The lowest BCUT2D eigenvalue weighted by molar-refractivity contribution is 0.721. The number of para-hydroxylation sites is 1. The van der Waals surface area contributed by atoms with Gasteiger partial charge in [-0.15, -0.1) is 0 Å². The first-order chi connectivity index (χ1) is 7.86. The van der Waals surface area contributed by atoms with Crippen LogP contribution in [0.3, 0.4) is 0 Å². The van der Waals surface area contributed by atoms with Crippen molar-refractivity contribution in [3.05, 3.63) is 36.0 Å². The normalized spacial score (nSPS) is 11.1. The fourth-order valence-electron chi connectivity index (χ4n) is 2.26. The number of hydrogen-bond acceptors (Lipinski definition) is 1. The summed E-state index contributed by atoms with van der Waals surface area (Å²) in [7, 11) is 2.01. The van der Waals surface area contributed by atoms with Crippen LogP contribution >= 0.6 is 0 Å². The SMILES string of the molecule is CCn1ccc2cccc(CCCNC)c21. The zero-order valence-corrected chi connectivity index (χ0v) is 10.2. The molecule has 1 heterocycles. The molecule has 0 amide bonds. The lowest BCUT2D eigenvalue weighted by Gasteiger charge is -2.07. The molecule has 1 aromatic heterocycles. The summed E-state index contributed by atoms with van der Waals surface area (Å²) in [5.41, 5.74) is 2.89. The number of nitrogens with one attached hydrogen (secondary N) is 1.